The van der Waals surface area contributed by atoms with Gasteiger partial charge in [0, 0.05) is 44.8 Å². The standard InChI is InChI=1S/C23H26FN3O3S/c1-2-12-25-31(29,30)22-18-20(10-11-21(22)24)23(28)27-16-14-26(15-17-27)13-6-9-19-7-4-3-5-8-19/h2-11,18,25H,1,12-17H2/b9-6+. The number of rotatable bonds is 8. The first kappa shape index (κ1) is 22.9. The van der Waals surface area contributed by atoms with Crippen molar-refractivity contribution in [2.24, 2.45) is 0 Å². The number of hydrogen-bond donors (Lipinski definition) is 1. The van der Waals surface area contributed by atoms with Crippen LogP contribution in [0.25, 0.3) is 6.08 Å². The van der Waals surface area contributed by atoms with Gasteiger partial charge in [0.15, 0.2) is 0 Å². The third-order valence-corrected chi connectivity index (χ3v) is 6.46. The molecule has 6 nitrogen and oxygen atoms in total. The Balaban J connectivity index is 1.60. The first-order chi connectivity index (χ1) is 14.9. The van der Waals surface area contributed by atoms with Crippen LogP contribution in [0.3, 0.4) is 0 Å². The van der Waals surface area contributed by atoms with Crippen LogP contribution in [0.2, 0.25) is 0 Å². The maximum atomic E-state index is 14.1. The summed E-state index contributed by atoms with van der Waals surface area (Å²) < 4.78 is 40.9. The highest BCUT2D eigenvalue weighted by atomic mass is 32.2. The number of nitrogens with one attached hydrogen (secondary N) is 1. The summed E-state index contributed by atoms with van der Waals surface area (Å²) in [6, 6.07) is 13.5. The van der Waals surface area contributed by atoms with Crippen LogP contribution in [0.15, 0.2) is 72.2 Å². The minimum atomic E-state index is -4.06. The van der Waals surface area contributed by atoms with Crippen LogP contribution in [0, 0.1) is 5.82 Å². The van der Waals surface area contributed by atoms with E-state index in [1.165, 1.54) is 12.1 Å². The second-order valence-corrected chi connectivity index (χ2v) is 8.93. The molecule has 1 aliphatic rings. The molecular weight excluding hydrogens is 417 g/mol. The largest absolute Gasteiger partial charge is 0.336 e. The number of carbonyl (C=O) groups is 1. The second-order valence-electron chi connectivity index (χ2n) is 7.19. The third kappa shape index (κ3) is 6.10. The Morgan fingerprint density at radius 3 is 2.48 bits per heavy atom. The molecule has 3 rings (SSSR count). The lowest BCUT2D eigenvalue weighted by atomic mass is 10.1. The maximum Gasteiger partial charge on any atom is 0.253 e. The van der Waals surface area contributed by atoms with Crippen LogP contribution < -0.4 is 4.72 Å². The summed E-state index contributed by atoms with van der Waals surface area (Å²) in [6.07, 6.45) is 5.53. The molecule has 31 heavy (non-hydrogen) atoms. The number of carbonyl (C=O) groups excluding carboxylic acids is 1. The molecule has 1 heterocycles. The summed E-state index contributed by atoms with van der Waals surface area (Å²) in [6.45, 7) is 6.65. The molecule has 2 aromatic rings. The Morgan fingerprint density at radius 1 is 1.10 bits per heavy atom. The summed E-state index contributed by atoms with van der Waals surface area (Å²) in [4.78, 5) is 16.2. The Hall–Kier alpha value is -2.81. The smallest absolute Gasteiger partial charge is 0.253 e. The Bertz CT molecular complexity index is 1050. The molecule has 2 aromatic carbocycles. The van der Waals surface area contributed by atoms with Gasteiger partial charge >= 0.3 is 0 Å². The molecule has 0 spiro atoms. The Morgan fingerprint density at radius 2 is 1.81 bits per heavy atom. The van der Waals surface area contributed by atoms with E-state index in [1.807, 2.05) is 30.3 Å². The van der Waals surface area contributed by atoms with E-state index < -0.39 is 20.7 Å². The number of amides is 1. The van der Waals surface area contributed by atoms with Crippen LogP contribution >= 0.6 is 0 Å². The molecule has 1 saturated heterocycles. The lowest BCUT2D eigenvalue weighted by Crippen LogP contribution is -2.48. The average Bonchev–Trinajstić information content (AvgIpc) is 2.79. The van der Waals surface area contributed by atoms with E-state index in [4.69, 9.17) is 0 Å². The van der Waals surface area contributed by atoms with E-state index in [9.17, 15) is 17.6 Å². The first-order valence-corrected chi connectivity index (χ1v) is 11.5. The summed E-state index contributed by atoms with van der Waals surface area (Å²) in [7, 11) is -4.06. The maximum absolute atomic E-state index is 14.1. The van der Waals surface area contributed by atoms with E-state index in [0.29, 0.717) is 26.2 Å². The van der Waals surface area contributed by atoms with Gasteiger partial charge in [-0.1, -0.05) is 48.6 Å². The van der Waals surface area contributed by atoms with Crippen LogP contribution in [0.4, 0.5) is 4.39 Å². The molecule has 0 unspecified atom stereocenters. The van der Waals surface area contributed by atoms with Crippen molar-refractivity contribution in [3.63, 3.8) is 0 Å². The van der Waals surface area contributed by atoms with Crippen LogP contribution in [0.5, 0.6) is 0 Å². The molecule has 1 N–H and O–H groups in total. The molecule has 0 atom stereocenters. The first-order valence-electron chi connectivity index (χ1n) is 10.0. The summed E-state index contributed by atoms with van der Waals surface area (Å²) in [5.74, 6) is -1.21. The van der Waals surface area contributed by atoms with Crippen LogP contribution in [-0.2, 0) is 10.0 Å². The predicted molar refractivity (Wildman–Crippen MR) is 120 cm³/mol. The molecule has 164 valence electrons. The minimum Gasteiger partial charge on any atom is -0.336 e. The highest BCUT2D eigenvalue weighted by Gasteiger charge is 2.25. The molecule has 0 aliphatic carbocycles. The second kappa shape index (κ2) is 10.5. The van der Waals surface area contributed by atoms with Gasteiger partial charge in [-0.2, -0.15) is 0 Å². The zero-order chi connectivity index (χ0) is 22.3. The number of nitrogens with zero attached hydrogens (tertiary/aromatic N) is 2. The molecule has 1 fully saturated rings. The Kier molecular flexibility index (Phi) is 7.73. The third-order valence-electron chi connectivity index (χ3n) is 5.02. The van der Waals surface area contributed by atoms with Gasteiger partial charge in [0.05, 0.1) is 0 Å². The number of sulfonamides is 1. The van der Waals surface area contributed by atoms with E-state index in [-0.39, 0.29) is 18.0 Å². The van der Waals surface area contributed by atoms with Crippen molar-refractivity contribution >= 4 is 22.0 Å². The van der Waals surface area contributed by atoms with Crippen LogP contribution in [0.1, 0.15) is 15.9 Å². The highest BCUT2D eigenvalue weighted by Crippen LogP contribution is 2.18. The monoisotopic (exact) mass is 443 g/mol. The number of hydrogen-bond acceptors (Lipinski definition) is 4. The fourth-order valence-corrected chi connectivity index (χ4v) is 4.41. The van der Waals surface area contributed by atoms with Crippen molar-refractivity contribution in [2.45, 2.75) is 4.90 Å². The van der Waals surface area contributed by atoms with Gasteiger partial charge in [0.1, 0.15) is 10.7 Å². The SMILES string of the molecule is C=CCNS(=O)(=O)c1cc(C(=O)N2CCN(C/C=C/c3ccccc3)CC2)ccc1F. The molecule has 0 radical (unpaired) electrons. The van der Waals surface area contributed by atoms with Crippen molar-refractivity contribution in [3.8, 4) is 0 Å². The molecule has 1 aliphatic heterocycles. The summed E-state index contributed by atoms with van der Waals surface area (Å²) >= 11 is 0. The van der Waals surface area contributed by atoms with Gasteiger partial charge in [-0.15, -0.1) is 6.58 Å². The molecule has 0 saturated carbocycles. The normalized spacial score (nSPS) is 15.3. The fourth-order valence-electron chi connectivity index (χ4n) is 3.31. The molecule has 0 aromatic heterocycles. The summed E-state index contributed by atoms with van der Waals surface area (Å²) in [5.41, 5.74) is 1.29. The van der Waals surface area contributed by atoms with Crippen molar-refractivity contribution < 1.29 is 17.6 Å². The zero-order valence-electron chi connectivity index (χ0n) is 17.2. The topological polar surface area (TPSA) is 69.7 Å². The minimum absolute atomic E-state index is 0.0272. The van der Waals surface area contributed by atoms with Gasteiger partial charge in [-0.25, -0.2) is 17.5 Å². The van der Waals surface area contributed by atoms with Crippen molar-refractivity contribution in [2.75, 3.05) is 39.3 Å². The molecule has 0 bridgehead atoms. The predicted octanol–water partition coefficient (Wildman–Crippen LogP) is 2.76. The Labute approximate surface area is 182 Å². The van der Waals surface area contributed by atoms with Crippen LogP contribution in [-0.4, -0.2) is 63.4 Å². The molecule has 1 amide bonds. The zero-order valence-corrected chi connectivity index (χ0v) is 18.0. The number of halogens is 1. The molecule has 8 heteroatoms. The van der Waals surface area contributed by atoms with E-state index >= 15 is 0 Å². The van der Waals surface area contributed by atoms with Gasteiger partial charge in [0.2, 0.25) is 10.0 Å². The van der Waals surface area contributed by atoms with Crippen molar-refractivity contribution in [3.05, 3.63) is 84.2 Å². The lowest BCUT2D eigenvalue weighted by Gasteiger charge is -2.34. The number of benzene rings is 2. The van der Waals surface area contributed by atoms with Crippen molar-refractivity contribution in [1.29, 1.82) is 0 Å². The average molecular weight is 444 g/mol. The fraction of sp³-hybridized carbons (Fsp3) is 0.261. The van der Waals surface area contributed by atoms with E-state index in [2.05, 4.69) is 28.4 Å². The summed E-state index contributed by atoms with van der Waals surface area (Å²) in [5, 5.41) is 0. The van der Waals surface area contributed by atoms with Gasteiger partial charge < -0.3 is 4.90 Å². The van der Waals surface area contributed by atoms with Gasteiger partial charge in [0.25, 0.3) is 5.91 Å². The quantitative estimate of drug-likeness (QED) is 0.637. The van der Waals surface area contributed by atoms with Crippen molar-refractivity contribution in [1.82, 2.24) is 14.5 Å². The molecular formula is C23H26FN3O3S. The van der Waals surface area contributed by atoms with Gasteiger partial charge in [-0.3, -0.25) is 9.69 Å². The van der Waals surface area contributed by atoms with E-state index in [0.717, 1.165) is 24.2 Å². The van der Waals surface area contributed by atoms with Gasteiger partial charge in [-0.05, 0) is 23.8 Å². The number of piperazine rings is 1. The van der Waals surface area contributed by atoms with E-state index in [1.54, 1.807) is 4.90 Å². The lowest BCUT2D eigenvalue weighted by molar-refractivity contribution is 0.0650. The highest BCUT2D eigenvalue weighted by molar-refractivity contribution is 7.89.